The summed E-state index contributed by atoms with van der Waals surface area (Å²) in [6, 6.07) is 2.13. The molecule has 0 spiro atoms. The maximum absolute atomic E-state index is 8.20. The topological polar surface area (TPSA) is 23.8 Å². The van der Waals surface area contributed by atoms with Gasteiger partial charge in [-0.2, -0.15) is 5.26 Å². The lowest BCUT2D eigenvalue weighted by Gasteiger charge is -1.88. The fourth-order valence-electron chi connectivity index (χ4n) is 0.751. The van der Waals surface area contributed by atoms with Crippen LogP contribution in [0.25, 0.3) is 0 Å². The van der Waals surface area contributed by atoms with E-state index in [1.54, 1.807) is 0 Å². The molecule has 0 heterocycles. The maximum atomic E-state index is 8.20. The monoisotopic (exact) mass is 137 g/mol. The van der Waals surface area contributed by atoms with Crippen LogP contribution in [0.15, 0.2) is 12.2 Å². The molecule has 1 heteroatoms. The van der Waals surface area contributed by atoms with Gasteiger partial charge in [-0.25, -0.2) is 0 Å². The van der Waals surface area contributed by atoms with Gasteiger partial charge in [0.15, 0.2) is 0 Å². The van der Waals surface area contributed by atoms with E-state index in [9.17, 15) is 0 Å². The molecule has 1 nitrogen and oxygen atoms in total. The number of rotatable bonds is 5. The second-order valence-electron chi connectivity index (χ2n) is 2.28. The summed E-state index contributed by atoms with van der Waals surface area (Å²) in [6.07, 6.45) is 9.53. The van der Waals surface area contributed by atoms with Gasteiger partial charge in [-0.3, -0.25) is 0 Å². The number of hydrogen-bond acceptors (Lipinski definition) is 1. The van der Waals surface area contributed by atoms with Crippen LogP contribution in [-0.4, -0.2) is 0 Å². The largest absolute Gasteiger partial charge is 0.198 e. The molecule has 0 aliphatic rings. The van der Waals surface area contributed by atoms with Crippen LogP contribution in [0.5, 0.6) is 0 Å². The van der Waals surface area contributed by atoms with Gasteiger partial charge in [-0.1, -0.05) is 19.1 Å². The summed E-state index contributed by atoms with van der Waals surface area (Å²) in [5.41, 5.74) is 0. The van der Waals surface area contributed by atoms with Gasteiger partial charge in [-0.05, 0) is 25.7 Å². The molecule has 0 fully saturated rings. The molecule has 0 bridgehead atoms. The molecule has 0 radical (unpaired) electrons. The first-order chi connectivity index (χ1) is 4.91. The highest BCUT2D eigenvalue weighted by molar-refractivity contribution is 4.80. The summed E-state index contributed by atoms with van der Waals surface area (Å²) in [7, 11) is 0. The van der Waals surface area contributed by atoms with Crippen molar-refractivity contribution in [1.82, 2.24) is 0 Å². The van der Waals surface area contributed by atoms with Crippen molar-refractivity contribution in [2.75, 3.05) is 0 Å². The second kappa shape index (κ2) is 8.23. The zero-order chi connectivity index (χ0) is 7.66. The van der Waals surface area contributed by atoms with Gasteiger partial charge >= 0.3 is 0 Å². The first-order valence-corrected chi connectivity index (χ1v) is 3.93. The first-order valence-electron chi connectivity index (χ1n) is 3.93. The van der Waals surface area contributed by atoms with Crippen LogP contribution in [0.4, 0.5) is 0 Å². The standard InChI is InChI=1S/C9H15N/c1-2-3-4-5-6-7-8-9-10/h3-4H,2,5-8H2,1H3/b4-3+. The summed E-state index contributed by atoms with van der Waals surface area (Å²) in [6.45, 7) is 2.13. The molecule has 0 saturated heterocycles. The molecule has 0 aromatic heterocycles. The molecule has 0 aromatic carbocycles. The molecule has 0 amide bonds. The first kappa shape index (κ1) is 9.23. The summed E-state index contributed by atoms with van der Waals surface area (Å²) < 4.78 is 0. The number of allylic oxidation sites excluding steroid dienone is 2. The van der Waals surface area contributed by atoms with E-state index >= 15 is 0 Å². The van der Waals surface area contributed by atoms with E-state index in [-0.39, 0.29) is 0 Å². The summed E-state index contributed by atoms with van der Waals surface area (Å²) in [4.78, 5) is 0. The van der Waals surface area contributed by atoms with Crippen LogP contribution in [0.3, 0.4) is 0 Å². The van der Waals surface area contributed by atoms with Crippen LogP contribution >= 0.6 is 0 Å². The maximum Gasteiger partial charge on any atom is 0.0621 e. The van der Waals surface area contributed by atoms with Crippen molar-refractivity contribution in [3.05, 3.63) is 12.2 Å². The van der Waals surface area contributed by atoms with Crippen molar-refractivity contribution in [2.45, 2.75) is 39.0 Å². The van der Waals surface area contributed by atoms with Crippen LogP contribution in [-0.2, 0) is 0 Å². The third-order valence-electron chi connectivity index (χ3n) is 1.31. The molecule has 0 rings (SSSR count). The molecule has 56 valence electrons. The van der Waals surface area contributed by atoms with Gasteiger partial charge in [0.1, 0.15) is 0 Å². The van der Waals surface area contributed by atoms with Crippen LogP contribution in [0.2, 0.25) is 0 Å². The smallest absolute Gasteiger partial charge is 0.0621 e. The van der Waals surface area contributed by atoms with Crippen LogP contribution in [0.1, 0.15) is 39.0 Å². The van der Waals surface area contributed by atoms with Gasteiger partial charge in [0, 0.05) is 6.42 Å². The zero-order valence-corrected chi connectivity index (χ0v) is 6.64. The van der Waals surface area contributed by atoms with Crippen molar-refractivity contribution in [3.8, 4) is 6.07 Å². The minimum absolute atomic E-state index is 0.708. The third-order valence-corrected chi connectivity index (χ3v) is 1.31. The Morgan fingerprint density at radius 3 is 2.70 bits per heavy atom. The molecule has 0 unspecified atom stereocenters. The van der Waals surface area contributed by atoms with E-state index in [2.05, 4.69) is 25.1 Å². The second-order valence-corrected chi connectivity index (χ2v) is 2.28. The van der Waals surface area contributed by atoms with Crippen LogP contribution < -0.4 is 0 Å². The van der Waals surface area contributed by atoms with Gasteiger partial charge in [-0.15, -0.1) is 0 Å². The average Bonchev–Trinajstić information content (AvgIpc) is 1.97. The number of nitriles is 1. The Morgan fingerprint density at radius 1 is 1.30 bits per heavy atom. The van der Waals surface area contributed by atoms with E-state index in [1.807, 2.05) is 0 Å². The highest BCUT2D eigenvalue weighted by atomic mass is 14.2. The Bertz CT molecular complexity index is 119. The fourth-order valence-corrected chi connectivity index (χ4v) is 0.751. The van der Waals surface area contributed by atoms with E-state index in [0.717, 1.165) is 25.7 Å². The molecule has 0 atom stereocenters. The fraction of sp³-hybridized carbons (Fsp3) is 0.667. The number of unbranched alkanes of at least 4 members (excludes halogenated alkanes) is 3. The lowest BCUT2D eigenvalue weighted by molar-refractivity contribution is 0.766. The lowest BCUT2D eigenvalue weighted by Crippen LogP contribution is -1.71. The summed E-state index contributed by atoms with van der Waals surface area (Å²) in [5.74, 6) is 0. The average molecular weight is 137 g/mol. The molecule has 0 aliphatic carbocycles. The van der Waals surface area contributed by atoms with Crippen molar-refractivity contribution in [1.29, 1.82) is 5.26 Å². The van der Waals surface area contributed by atoms with E-state index in [0.29, 0.717) is 6.42 Å². The minimum Gasteiger partial charge on any atom is -0.198 e. The van der Waals surface area contributed by atoms with Crippen molar-refractivity contribution < 1.29 is 0 Å². The van der Waals surface area contributed by atoms with Gasteiger partial charge in [0.25, 0.3) is 0 Å². The summed E-state index contributed by atoms with van der Waals surface area (Å²) >= 11 is 0. The number of hydrogen-bond donors (Lipinski definition) is 0. The molecular formula is C9H15N. The van der Waals surface area contributed by atoms with E-state index in [1.165, 1.54) is 0 Å². The van der Waals surface area contributed by atoms with Crippen LogP contribution in [0, 0.1) is 11.3 Å². The molecule has 0 N–H and O–H groups in total. The van der Waals surface area contributed by atoms with Gasteiger partial charge < -0.3 is 0 Å². The highest BCUT2D eigenvalue weighted by Crippen LogP contribution is 1.99. The number of nitrogens with zero attached hydrogens (tertiary/aromatic N) is 1. The Labute approximate surface area is 63.4 Å². The lowest BCUT2D eigenvalue weighted by atomic mass is 10.2. The Balaban J connectivity index is 2.92. The van der Waals surface area contributed by atoms with Crippen molar-refractivity contribution >= 4 is 0 Å². The Hall–Kier alpha value is -0.770. The predicted octanol–water partition coefficient (Wildman–Crippen LogP) is 3.04. The molecule has 0 aromatic rings. The van der Waals surface area contributed by atoms with E-state index < -0.39 is 0 Å². The summed E-state index contributed by atoms with van der Waals surface area (Å²) in [5, 5.41) is 8.20. The van der Waals surface area contributed by atoms with Gasteiger partial charge in [0.2, 0.25) is 0 Å². The molecule has 10 heavy (non-hydrogen) atoms. The third kappa shape index (κ3) is 7.23. The zero-order valence-electron chi connectivity index (χ0n) is 6.64. The quantitative estimate of drug-likeness (QED) is 0.422. The normalized spacial score (nSPS) is 10.0. The molecular weight excluding hydrogens is 122 g/mol. The van der Waals surface area contributed by atoms with Crippen molar-refractivity contribution in [3.63, 3.8) is 0 Å². The SMILES string of the molecule is CC/C=C/CCCCC#N. The predicted molar refractivity (Wildman–Crippen MR) is 43.5 cm³/mol. The Kier molecular flexibility index (Phi) is 7.60. The van der Waals surface area contributed by atoms with Gasteiger partial charge in [0.05, 0.1) is 6.07 Å². The molecule has 0 saturated carbocycles. The molecule has 0 aliphatic heterocycles. The van der Waals surface area contributed by atoms with E-state index in [4.69, 9.17) is 5.26 Å². The highest BCUT2D eigenvalue weighted by Gasteiger charge is 1.82. The minimum atomic E-state index is 0.708. The van der Waals surface area contributed by atoms with Crippen molar-refractivity contribution in [2.24, 2.45) is 0 Å². The Morgan fingerprint density at radius 2 is 2.10 bits per heavy atom.